The molecule has 8 nitrogen and oxygen atoms in total. The zero-order chi connectivity index (χ0) is 15.2. The zero-order valence-electron chi connectivity index (χ0n) is 11.7. The minimum Gasteiger partial charge on any atom is -0.351 e. The molecule has 20 heavy (non-hydrogen) atoms. The topological polar surface area (TPSA) is 108 Å². The molecule has 9 heteroatoms. The van der Waals surface area contributed by atoms with E-state index in [-0.39, 0.29) is 18.2 Å². The van der Waals surface area contributed by atoms with Gasteiger partial charge in [0.15, 0.2) is 0 Å². The third kappa shape index (κ3) is 5.25. The van der Waals surface area contributed by atoms with Gasteiger partial charge in [-0.25, -0.2) is 18.1 Å². The van der Waals surface area contributed by atoms with Crippen LogP contribution in [0.5, 0.6) is 0 Å². The highest BCUT2D eigenvalue weighted by Crippen LogP contribution is 2.00. The van der Waals surface area contributed by atoms with E-state index in [2.05, 4.69) is 15.8 Å². The minimum absolute atomic E-state index is 0.201. The van der Waals surface area contributed by atoms with Crippen molar-refractivity contribution in [2.45, 2.75) is 26.2 Å². The molecule has 0 aromatic heterocycles. The predicted molar refractivity (Wildman–Crippen MR) is 74.5 cm³/mol. The van der Waals surface area contributed by atoms with E-state index in [9.17, 15) is 18.0 Å². The Kier molecular flexibility index (Phi) is 6.08. The number of carbonyl (C=O) groups is 2. The van der Waals surface area contributed by atoms with Crippen molar-refractivity contribution in [2.75, 3.05) is 25.9 Å². The van der Waals surface area contributed by atoms with E-state index >= 15 is 0 Å². The first-order valence-corrected chi connectivity index (χ1v) is 8.28. The van der Waals surface area contributed by atoms with Gasteiger partial charge < -0.3 is 5.32 Å². The first-order chi connectivity index (χ1) is 9.34. The van der Waals surface area contributed by atoms with E-state index in [1.54, 1.807) is 6.92 Å². The van der Waals surface area contributed by atoms with Crippen molar-refractivity contribution in [3.05, 3.63) is 0 Å². The minimum atomic E-state index is -3.19. The van der Waals surface area contributed by atoms with Gasteiger partial charge in [0.25, 0.3) is 5.91 Å². The molecule has 0 saturated carbocycles. The molecule has 0 saturated heterocycles. The van der Waals surface area contributed by atoms with Crippen LogP contribution in [0.1, 0.15) is 26.2 Å². The monoisotopic (exact) mass is 304 g/mol. The Balaban J connectivity index is 2.31. The fourth-order valence-corrected chi connectivity index (χ4v) is 2.69. The van der Waals surface area contributed by atoms with E-state index in [1.165, 1.54) is 4.31 Å². The van der Waals surface area contributed by atoms with E-state index in [4.69, 9.17) is 0 Å². The zero-order valence-corrected chi connectivity index (χ0v) is 12.5. The lowest BCUT2D eigenvalue weighted by Crippen LogP contribution is -2.38. The van der Waals surface area contributed by atoms with Crippen LogP contribution in [-0.4, -0.2) is 56.1 Å². The summed E-state index contributed by atoms with van der Waals surface area (Å²) >= 11 is 0. The second kappa shape index (κ2) is 7.34. The van der Waals surface area contributed by atoms with Gasteiger partial charge in [-0.1, -0.05) is 6.92 Å². The third-order valence-corrected chi connectivity index (χ3v) is 4.24. The maximum atomic E-state index is 11.7. The molecule has 0 unspecified atom stereocenters. The van der Waals surface area contributed by atoms with Crippen molar-refractivity contribution in [1.29, 1.82) is 0 Å². The van der Waals surface area contributed by atoms with E-state index < -0.39 is 10.0 Å². The van der Waals surface area contributed by atoms with E-state index in [0.29, 0.717) is 38.2 Å². The number of sulfonamides is 1. The molecule has 0 atom stereocenters. The highest BCUT2D eigenvalue weighted by atomic mass is 32.2. The molecule has 0 aromatic rings. The molecule has 1 rings (SSSR count). The fraction of sp³-hybridized carbons (Fsp3) is 0.727. The van der Waals surface area contributed by atoms with Gasteiger partial charge in [0, 0.05) is 32.5 Å². The van der Waals surface area contributed by atoms with Gasteiger partial charge in [-0.2, -0.15) is 5.10 Å². The number of hydrazone groups is 1. The van der Waals surface area contributed by atoms with Gasteiger partial charge in [-0.15, -0.1) is 0 Å². The Labute approximate surface area is 118 Å². The number of carbonyl (C=O) groups excluding carboxylic acids is 2. The van der Waals surface area contributed by atoms with Crippen LogP contribution in [0, 0.1) is 0 Å². The summed E-state index contributed by atoms with van der Waals surface area (Å²) in [6.45, 7) is 2.89. The average molecular weight is 304 g/mol. The van der Waals surface area contributed by atoms with Crippen molar-refractivity contribution in [1.82, 2.24) is 15.0 Å². The SMILES string of the molecule is CCN(CCCNC(=O)C1=NNC(=O)CC1)S(C)(=O)=O. The average Bonchev–Trinajstić information content (AvgIpc) is 2.37. The summed E-state index contributed by atoms with van der Waals surface area (Å²) in [6.07, 6.45) is 2.26. The standard InChI is InChI=1S/C11H20N4O4S/c1-3-15(20(2,18)19)8-4-7-12-11(17)9-5-6-10(16)14-13-9/h3-8H2,1-2H3,(H,12,17)(H,14,16). The van der Waals surface area contributed by atoms with Crippen LogP contribution < -0.4 is 10.7 Å². The number of nitrogens with one attached hydrogen (secondary N) is 2. The Morgan fingerprint density at radius 1 is 1.45 bits per heavy atom. The molecule has 0 radical (unpaired) electrons. The van der Waals surface area contributed by atoms with Gasteiger partial charge in [0.1, 0.15) is 5.71 Å². The third-order valence-electron chi connectivity index (χ3n) is 2.86. The lowest BCUT2D eigenvalue weighted by Gasteiger charge is -2.17. The molecule has 2 N–H and O–H groups in total. The number of hydrogen-bond acceptors (Lipinski definition) is 5. The summed E-state index contributed by atoms with van der Waals surface area (Å²) in [6, 6.07) is 0. The summed E-state index contributed by atoms with van der Waals surface area (Å²) < 4.78 is 24.0. The molecule has 0 spiro atoms. The molecule has 114 valence electrons. The second-order valence-corrected chi connectivity index (χ2v) is 6.44. The van der Waals surface area contributed by atoms with Crippen LogP contribution in [0.2, 0.25) is 0 Å². The summed E-state index contributed by atoms with van der Waals surface area (Å²) in [5, 5.41) is 6.33. The highest BCUT2D eigenvalue weighted by Gasteiger charge is 2.18. The largest absolute Gasteiger partial charge is 0.351 e. The first kappa shape index (κ1) is 16.6. The molecule has 0 bridgehead atoms. The number of nitrogens with zero attached hydrogens (tertiary/aromatic N) is 2. The Morgan fingerprint density at radius 2 is 2.15 bits per heavy atom. The lowest BCUT2D eigenvalue weighted by atomic mass is 10.1. The van der Waals surface area contributed by atoms with Crippen molar-refractivity contribution in [3.63, 3.8) is 0 Å². The van der Waals surface area contributed by atoms with Crippen LogP contribution in [0.25, 0.3) is 0 Å². The van der Waals surface area contributed by atoms with Crippen LogP contribution in [0.4, 0.5) is 0 Å². The van der Waals surface area contributed by atoms with Crippen molar-refractivity contribution >= 4 is 27.5 Å². The van der Waals surface area contributed by atoms with Gasteiger partial charge in [0.05, 0.1) is 6.26 Å². The molecule has 1 aliphatic rings. The molecule has 1 aliphatic heterocycles. The molecule has 0 aromatic carbocycles. The molecular weight excluding hydrogens is 284 g/mol. The molecule has 2 amide bonds. The van der Waals surface area contributed by atoms with Crippen LogP contribution in [0.15, 0.2) is 5.10 Å². The summed E-state index contributed by atoms with van der Waals surface area (Å²) in [5.41, 5.74) is 2.54. The van der Waals surface area contributed by atoms with Gasteiger partial charge in [0.2, 0.25) is 15.9 Å². The summed E-state index contributed by atoms with van der Waals surface area (Å²) in [5.74, 6) is -0.527. The van der Waals surface area contributed by atoms with Gasteiger partial charge >= 0.3 is 0 Å². The van der Waals surface area contributed by atoms with E-state index in [0.717, 1.165) is 6.26 Å². The summed E-state index contributed by atoms with van der Waals surface area (Å²) in [7, 11) is -3.19. The molecule has 1 heterocycles. The highest BCUT2D eigenvalue weighted by molar-refractivity contribution is 7.88. The Bertz CT molecular complexity index is 501. The quantitative estimate of drug-likeness (QED) is 0.591. The molecule has 0 fully saturated rings. The fourth-order valence-electron chi connectivity index (χ4n) is 1.76. The molecule has 0 aliphatic carbocycles. The second-order valence-electron chi connectivity index (χ2n) is 4.46. The maximum absolute atomic E-state index is 11.7. The number of amides is 2. The Hall–Kier alpha value is -1.48. The van der Waals surface area contributed by atoms with Crippen molar-refractivity contribution in [3.8, 4) is 0 Å². The van der Waals surface area contributed by atoms with Crippen molar-refractivity contribution < 1.29 is 18.0 Å². The first-order valence-electron chi connectivity index (χ1n) is 6.43. The molecular formula is C11H20N4O4S. The Morgan fingerprint density at radius 3 is 2.65 bits per heavy atom. The number of rotatable bonds is 7. The number of hydrogen-bond donors (Lipinski definition) is 2. The van der Waals surface area contributed by atoms with Gasteiger partial charge in [-0.3, -0.25) is 9.59 Å². The van der Waals surface area contributed by atoms with Crippen LogP contribution in [0.3, 0.4) is 0 Å². The maximum Gasteiger partial charge on any atom is 0.267 e. The normalized spacial score (nSPS) is 15.8. The predicted octanol–water partition coefficient (Wildman–Crippen LogP) is -0.960. The summed E-state index contributed by atoms with van der Waals surface area (Å²) in [4.78, 5) is 22.6. The van der Waals surface area contributed by atoms with Crippen LogP contribution >= 0.6 is 0 Å². The van der Waals surface area contributed by atoms with Crippen LogP contribution in [-0.2, 0) is 19.6 Å². The van der Waals surface area contributed by atoms with Crippen molar-refractivity contribution in [2.24, 2.45) is 5.10 Å². The van der Waals surface area contributed by atoms with E-state index in [1.807, 2.05) is 0 Å². The smallest absolute Gasteiger partial charge is 0.267 e. The lowest BCUT2D eigenvalue weighted by molar-refractivity contribution is -0.121. The van der Waals surface area contributed by atoms with Gasteiger partial charge in [-0.05, 0) is 6.42 Å².